The minimum Gasteiger partial charge on any atom is -0.383 e. The first-order valence-electron chi connectivity index (χ1n) is 6.05. The fraction of sp³-hybridized carbons (Fsp3) is 0.818. The highest BCUT2D eigenvalue weighted by atomic mass is 16.5. The van der Waals surface area contributed by atoms with Gasteiger partial charge in [-0.3, -0.25) is 4.68 Å². The fourth-order valence-corrected chi connectivity index (χ4v) is 1.89. The van der Waals surface area contributed by atoms with Gasteiger partial charge in [0.05, 0.1) is 18.9 Å². The topological polar surface area (TPSA) is 61.2 Å². The minimum atomic E-state index is 0.589. The fourth-order valence-electron chi connectivity index (χ4n) is 1.89. The van der Waals surface area contributed by atoms with Crippen LogP contribution in [-0.2, 0) is 22.6 Å². The van der Waals surface area contributed by atoms with Crippen LogP contribution in [0.15, 0.2) is 6.20 Å². The molecule has 1 aliphatic heterocycles. The Labute approximate surface area is 101 Å². The van der Waals surface area contributed by atoms with Crippen LogP contribution in [0.1, 0.15) is 12.1 Å². The van der Waals surface area contributed by atoms with Crippen molar-refractivity contribution in [3.05, 3.63) is 11.9 Å². The molecule has 0 bridgehead atoms. The first kappa shape index (κ1) is 12.5. The van der Waals surface area contributed by atoms with E-state index < -0.39 is 0 Å². The molecular formula is C11H20N4O2. The summed E-state index contributed by atoms with van der Waals surface area (Å²) in [4.78, 5) is 0. The molecule has 0 radical (unpaired) electrons. The van der Waals surface area contributed by atoms with Crippen LogP contribution in [0, 0.1) is 5.92 Å². The van der Waals surface area contributed by atoms with Crippen LogP contribution >= 0.6 is 0 Å². The number of ether oxygens (including phenoxy) is 2. The third-order valence-corrected chi connectivity index (χ3v) is 2.84. The molecule has 17 heavy (non-hydrogen) atoms. The van der Waals surface area contributed by atoms with Crippen molar-refractivity contribution >= 4 is 0 Å². The van der Waals surface area contributed by atoms with Crippen molar-refractivity contribution in [1.82, 2.24) is 20.3 Å². The standard InChI is InChI=1S/C11H20N4O2/c1-16-5-3-12-6-11-8-15(14-13-11)7-10-2-4-17-9-10/h8,10,12H,2-7,9H2,1H3/t10-/m0/s1. The van der Waals surface area contributed by atoms with Gasteiger partial charge in [0, 0.05) is 45.5 Å². The van der Waals surface area contributed by atoms with Gasteiger partial charge in [-0.15, -0.1) is 5.10 Å². The van der Waals surface area contributed by atoms with Gasteiger partial charge in [-0.1, -0.05) is 5.21 Å². The zero-order chi connectivity index (χ0) is 11.9. The molecule has 0 spiro atoms. The Kier molecular flexibility index (Phi) is 4.90. The van der Waals surface area contributed by atoms with Crippen molar-refractivity contribution in [1.29, 1.82) is 0 Å². The smallest absolute Gasteiger partial charge is 0.0964 e. The third-order valence-electron chi connectivity index (χ3n) is 2.84. The molecule has 1 aliphatic rings. The lowest BCUT2D eigenvalue weighted by Gasteiger charge is -2.05. The van der Waals surface area contributed by atoms with E-state index in [0.717, 1.165) is 45.0 Å². The highest BCUT2D eigenvalue weighted by molar-refractivity contribution is 4.91. The molecule has 0 aliphatic carbocycles. The number of aromatic nitrogens is 3. The Bertz CT molecular complexity index is 323. The summed E-state index contributed by atoms with van der Waals surface area (Å²) in [6.45, 7) is 4.93. The van der Waals surface area contributed by atoms with Gasteiger partial charge < -0.3 is 14.8 Å². The average molecular weight is 240 g/mol. The van der Waals surface area contributed by atoms with E-state index in [9.17, 15) is 0 Å². The summed E-state index contributed by atoms with van der Waals surface area (Å²) in [6, 6.07) is 0. The zero-order valence-corrected chi connectivity index (χ0v) is 10.3. The van der Waals surface area contributed by atoms with Gasteiger partial charge in [0.1, 0.15) is 0 Å². The molecule has 1 aromatic rings. The summed E-state index contributed by atoms with van der Waals surface area (Å²) in [6.07, 6.45) is 3.12. The summed E-state index contributed by atoms with van der Waals surface area (Å²) < 4.78 is 12.2. The summed E-state index contributed by atoms with van der Waals surface area (Å²) in [5.41, 5.74) is 0.972. The highest BCUT2D eigenvalue weighted by Crippen LogP contribution is 2.13. The largest absolute Gasteiger partial charge is 0.383 e. The molecule has 96 valence electrons. The number of rotatable bonds is 7. The molecule has 2 rings (SSSR count). The van der Waals surface area contributed by atoms with Gasteiger partial charge in [0.2, 0.25) is 0 Å². The number of nitrogens with zero attached hydrogens (tertiary/aromatic N) is 3. The molecule has 1 fully saturated rings. The first-order valence-corrected chi connectivity index (χ1v) is 6.05. The Morgan fingerprint density at radius 2 is 2.59 bits per heavy atom. The molecule has 0 amide bonds. The van der Waals surface area contributed by atoms with E-state index in [1.165, 1.54) is 0 Å². The van der Waals surface area contributed by atoms with Crippen LogP contribution in [0.2, 0.25) is 0 Å². The van der Waals surface area contributed by atoms with Gasteiger partial charge in [-0.2, -0.15) is 0 Å². The van der Waals surface area contributed by atoms with Gasteiger partial charge in [0.15, 0.2) is 0 Å². The Hall–Kier alpha value is -0.980. The van der Waals surface area contributed by atoms with Crippen molar-refractivity contribution in [3.8, 4) is 0 Å². The van der Waals surface area contributed by atoms with E-state index in [4.69, 9.17) is 9.47 Å². The van der Waals surface area contributed by atoms with E-state index in [-0.39, 0.29) is 0 Å². The van der Waals surface area contributed by atoms with Crippen molar-refractivity contribution in [2.75, 3.05) is 33.5 Å². The summed E-state index contributed by atoms with van der Waals surface area (Å²) in [5.74, 6) is 0.589. The quantitative estimate of drug-likeness (QED) is 0.682. The second-order valence-corrected chi connectivity index (χ2v) is 4.33. The minimum absolute atomic E-state index is 0.589. The van der Waals surface area contributed by atoms with Gasteiger partial charge >= 0.3 is 0 Å². The Morgan fingerprint density at radius 3 is 3.35 bits per heavy atom. The van der Waals surface area contributed by atoms with Gasteiger partial charge in [-0.25, -0.2) is 0 Å². The lowest BCUT2D eigenvalue weighted by molar-refractivity contribution is 0.181. The molecule has 2 heterocycles. The van der Waals surface area contributed by atoms with Crippen LogP contribution in [0.25, 0.3) is 0 Å². The normalized spacial score (nSPS) is 19.9. The lowest BCUT2D eigenvalue weighted by Crippen LogP contribution is -2.18. The summed E-state index contributed by atoms with van der Waals surface area (Å²) >= 11 is 0. The highest BCUT2D eigenvalue weighted by Gasteiger charge is 2.16. The van der Waals surface area contributed by atoms with Crippen LogP contribution in [0.5, 0.6) is 0 Å². The van der Waals surface area contributed by atoms with Crippen LogP contribution in [0.3, 0.4) is 0 Å². The van der Waals surface area contributed by atoms with Crippen LogP contribution in [-0.4, -0.2) is 48.5 Å². The number of methoxy groups -OCH3 is 1. The van der Waals surface area contributed by atoms with Crippen molar-refractivity contribution in [2.45, 2.75) is 19.5 Å². The zero-order valence-electron chi connectivity index (χ0n) is 10.3. The van der Waals surface area contributed by atoms with E-state index in [1.54, 1.807) is 7.11 Å². The van der Waals surface area contributed by atoms with Gasteiger partial charge in [-0.05, 0) is 6.42 Å². The van der Waals surface area contributed by atoms with E-state index in [0.29, 0.717) is 12.5 Å². The molecule has 0 saturated carbocycles. The second kappa shape index (κ2) is 6.68. The van der Waals surface area contributed by atoms with Crippen LogP contribution in [0.4, 0.5) is 0 Å². The van der Waals surface area contributed by atoms with E-state index in [1.807, 2.05) is 10.9 Å². The number of nitrogens with one attached hydrogen (secondary N) is 1. The number of hydrogen-bond acceptors (Lipinski definition) is 5. The third kappa shape index (κ3) is 4.07. The molecule has 0 unspecified atom stereocenters. The average Bonchev–Trinajstić information content (AvgIpc) is 2.97. The molecule has 6 heteroatoms. The Balaban J connectivity index is 1.71. The predicted octanol–water partition coefficient (Wildman–Crippen LogP) is 0.0506. The van der Waals surface area contributed by atoms with E-state index >= 15 is 0 Å². The SMILES string of the molecule is COCCNCc1cn(C[C@@H]2CCOC2)nn1. The van der Waals surface area contributed by atoms with Crippen molar-refractivity contribution in [2.24, 2.45) is 5.92 Å². The molecule has 1 atom stereocenters. The molecular weight excluding hydrogens is 220 g/mol. The van der Waals surface area contributed by atoms with E-state index in [2.05, 4.69) is 15.6 Å². The first-order chi connectivity index (χ1) is 8.38. The summed E-state index contributed by atoms with van der Waals surface area (Å²) in [5, 5.41) is 11.5. The van der Waals surface area contributed by atoms with Crippen molar-refractivity contribution < 1.29 is 9.47 Å². The molecule has 1 saturated heterocycles. The molecule has 0 aromatic carbocycles. The maximum atomic E-state index is 5.34. The Morgan fingerprint density at radius 1 is 1.65 bits per heavy atom. The summed E-state index contributed by atoms with van der Waals surface area (Å²) in [7, 11) is 1.70. The molecule has 6 nitrogen and oxygen atoms in total. The second-order valence-electron chi connectivity index (χ2n) is 4.33. The van der Waals surface area contributed by atoms with Gasteiger partial charge in [0.25, 0.3) is 0 Å². The van der Waals surface area contributed by atoms with Crippen LogP contribution < -0.4 is 5.32 Å². The number of hydrogen-bond donors (Lipinski definition) is 1. The molecule has 1 aromatic heterocycles. The predicted molar refractivity (Wildman–Crippen MR) is 62.5 cm³/mol. The maximum absolute atomic E-state index is 5.34. The monoisotopic (exact) mass is 240 g/mol. The maximum Gasteiger partial charge on any atom is 0.0964 e. The lowest BCUT2D eigenvalue weighted by atomic mass is 10.1. The van der Waals surface area contributed by atoms with Crippen molar-refractivity contribution in [3.63, 3.8) is 0 Å². The molecule has 1 N–H and O–H groups in total.